The summed E-state index contributed by atoms with van der Waals surface area (Å²) in [7, 11) is 1.54. The molecule has 1 atom stereocenters. The van der Waals surface area contributed by atoms with Crippen LogP contribution in [0.1, 0.15) is 18.9 Å². The summed E-state index contributed by atoms with van der Waals surface area (Å²) >= 11 is 7.02. The van der Waals surface area contributed by atoms with Crippen LogP contribution < -0.4 is 10.6 Å². The maximum atomic E-state index is 11.6. The maximum Gasteiger partial charge on any atom is 0.233 e. The molecule has 0 aromatic heterocycles. The zero-order valence-corrected chi connectivity index (χ0v) is 13.7. The number of amides is 2. The number of hydrogen-bond acceptors (Lipinski definition) is 5. The van der Waals surface area contributed by atoms with Crippen molar-refractivity contribution < 1.29 is 9.59 Å². The van der Waals surface area contributed by atoms with E-state index in [9.17, 15) is 9.59 Å². The second kappa shape index (κ2) is 7.42. The summed E-state index contributed by atoms with van der Waals surface area (Å²) in [6.07, 6.45) is 0.128. The van der Waals surface area contributed by atoms with E-state index in [1.807, 2.05) is 12.1 Å². The van der Waals surface area contributed by atoms with Crippen molar-refractivity contribution in [1.82, 2.24) is 10.6 Å². The van der Waals surface area contributed by atoms with Crippen molar-refractivity contribution in [3.63, 3.8) is 0 Å². The number of carbonyl (C=O) groups is 2. The first kappa shape index (κ1) is 16.5. The molecule has 1 heterocycles. The van der Waals surface area contributed by atoms with Crippen molar-refractivity contribution in [2.45, 2.75) is 18.6 Å². The zero-order valence-electron chi connectivity index (χ0n) is 12.1. The number of carbonyl (C=O) groups excluding carboxylic acids is 2. The number of thioether (sulfide) groups is 1. The molecule has 0 radical (unpaired) electrons. The Bertz CT molecular complexity index is 643. The van der Waals surface area contributed by atoms with Crippen LogP contribution in [0.25, 0.3) is 0 Å². The van der Waals surface area contributed by atoms with Crippen LogP contribution in [0.5, 0.6) is 0 Å². The molecular formula is C14H15ClN4O2S. The second-order valence-corrected chi connectivity index (χ2v) is 6.20. The molecule has 0 saturated carbocycles. The number of nitrogens with zero attached hydrogens (tertiary/aromatic N) is 2. The predicted octanol–water partition coefficient (Wildman–Crippen LogP) is 1.79. The number of rotatable bonds is 3. The highest BCUT2D eigenvalue weighted by molar-refractivity contribution is 8.15. The van der Waals surface area contributed by atoms with Crippen LogP contribution in [0.3, 0.4) is 0 Å². The molecule has 1 aliphatic heterocycles. The van der Waals surface area contributed by atoms with Gasteiger partial charge in [0.1, 0.15) is 0 Å². The van der Waals surface area contributed by atoms with Gasteiger partial charge in [-0.1, -0.05) is 35.5 Å². The predicted molar refractivity (Wildman–Crippen MR) is 89.3 cm³/mol. The molecule has 6 nitrogen and oxygen atoms in total. The average Bonchev–Trinajstić information content (AvgIpc) is 2.52. The lowest BCUT2D eigenvalue weighted by Gasteiger charge is -2.20. The third-order valence-electron chi connectivity index (χ3n) is 2.96. The molecular weight excluding hydrogens is 324 g/mol. The quantitative estimate of drug-likeness (QED) is 0.651. The van der Waals surface area contributed by atoms with Crippen LogP contribution in [0, 0.1) is 0 Å². The fourth-order valence-electron chi connectivity index (χ4n) is 1.77. The molecule has 22 heavy (non-hydrogen) atoms. The van der Waals surface area contributed by atoms with Crippen molar-refractivity contribution in [1.29, 1.82) is 0 Å². The molecule has 1 aromatic carbocycles. The van der Waals surface area contributed by atoms with Crippen LogP contribution >= 0.6 is 23.4 Å². The van der Waals surface area contributed by atoms with E-state index in [1.165, 1.54) is 18.8 Å². The van der Waals surface area contributed by atoms with Gasteiger partial charge in [0.15, 0.2) is 5.17 Å². The van der Waals surface area contributed by atoms with E-state index in [-0.39, 0.29) is 18.2 Å². The summed E-state index contributed by atoms with van der Waals surface area (Å²) in [5, 5.41) is 13.7. The van der Waals surface area contributed by atoms with Crippen molar-refractivity contribution >= 4 is 46.1 Å². The molecule has 0 spiro atoms. The molecule has 8 heteroatoms. The molecule has 1 unspecified atom stereocenters. The molecule has 116 valence electrons. The number of hydrogen-bond donors (Lipinski definition) is 2. The highest BCUT2D eigenvalue weighted by Crippen LogP contribution is 2.20. The SMILES string of the molecule is CNC(=O)C1CC(=O)N/C(=N\N=C(/C)c2ccc(Cl)cc2)S1. The number of benzene rings is 1. The molecule has 2 N–H and O–H groups in total. The Labute approximate surface area is 137 Å². The molecule has 1 saturated heterocycles. The fraction of sp³-hybridized carbons (Fsp3) is 0.286. The van der Waals surface area contributed by atoms with Crippen molar-refractivity contribution in [2.24, 2.45) is 10.2 Å². The minimum absolute atomic E-state index is 0.128. The van der Waals surface area contributed by atoms with E-state index in [1.54, 1.807) is 19.1 Å². The van der Waals surface area contributed by atoms with E-state index in [0.717, 1.165) is 5.56 Å². The van der Waals surface area contributed by atoms with E-state index in [2.05, 4.69) is 20.8 Å². The molecule has 1 fully saturated rings. The molecule has 0 bridgehead atoms. The van der Waals surface area contributed by atoms with Crippen molar-refractivity contribution in [2.75, 3.05) is 7.05 Å². The lowest BCUT2D eigenvalue weighted by Crippen LogP contribution is -2.43. The molecule has 2 rings (SSSR count). The Morgan fingerprint density at radius 3 is 2.73 bits per heavy atom. The van der Waals surface area contributed by atoms with Gasteiger partial charge in [0.05, 0.1) is 11.0 Å². The first-order chi connectivity index (χ1) is 10.5. The van der Waals surface area contributed by atoms with Crippen LogP contribution in [0.2, 0.25) is 5.02 Å². The van der Waals surface area contributed by atoms with Gasteiger partial charge in [0.2, 0.25) is 11.8 Å². The van der Waals surface area contributed by atoms with Gasteiger partial charge < -0.3 is 10.6 Å². The highest BCUT2D eigenvalue weighted by atomic mass is 35.5. The summed E-state index contributed by atoms with van der Waals surface area (Å²) in [5.74, 6) is -0.448. The first-order valence-electron chi connectivity index (χ1n) is 6.56. The summed E-state index contributed by atoms with van der Waals surface area (Å²) in [6.45, 7) is 1.80. The minimum atomic E-state index is -0.483. The Kier molecular flexibility index (Phi) is 5.57. The molecule has 2 amide bonds. The lowest BCUT2D eigenvalue weighted by molar-refractivity contribution is -0.125. The van der Waals surface area contributed by atoms with Gasteiger partial charge in [0.25, 0.3) is 0 Å². The fourth-order valence-corrected chi connectivity index (χ4v) is 2.89. The lowest BCUT2D eigenvalue weighted by atomic mass is 10.1. The number of amidine groups is 1. The van der Waals surface area contributed by atoms with Gasteiger partial charge in [-0.05, 0) is 24.6 Å². The Balaban J connectivity index is 2.13. The van der Waals surface area contributed by atoms with Crippen molar-refractivity contribution in [3.05, 3.63) is 34.9 Å². The zero-order chi connectivity index (χ0) is 16.1. The summed E-state index contributed by atoms with van der Waals surface area (Å²) in [5.41, 5.74) is 1.56. The maximum absolute atomic E-state index is 11.6. The van der Waals surface area contributed by atoms with E-state index >= 15 is 0 Å². The summed E-state index contributed by atoms with van der Waals surface area (Å²) in [4.78, 5) is 23.2. The number of nitrogens with one attached hydrogen (secondary N) is 2. The topological polar surface area (TPSA) is 82.9 Å². The van der Waals surface area contributed by atoms with E-state index in [0.29, 0.717) is 15.9 Å². The van der Waals surface area contributed by atoms with Gasteiger partial charge in [-0.15, -0.1) is 5.10 Å². The van der Waals surface area contributed by atoms with Gasteiger partial charge in [-0.3, -0.25) is 9.59 Å². The Morgan fingerprint density at radius 1 is 1.41 bits per heavy atom. The summed E-state index contributed by atoms with van der Waals surface area (Å²) < 4.78 is 0. The smallest absolute Gasteiger partial charge is 0.233 e. The van der Waals surface area contributed by atoms with Gasteiger partial charge in [-0.25, -0.2) is 0 Å². The van der Waals surface area contributed by atoms with Gasteiger partial charge >= 0.3 is 0 Å². The second-order valence-electron chi connectivity index (χ2n) is 4.57. The highest BCUT2D eigenvalue weighted by Gasteiger charge is 2.29. The molecule has 1 aliphatic rings. The van der Waals surface area contributed by atoms with Crippen molar-refractivity contribution in [3.8, 4) is 0 Å². The summed E-state index contributed by atoms with van der Waals surface area (Å²) in [6, 6.07) is 7.20. The Morgan fingerprint density at radius 2 is 2.09 bits per heavy atom. The average molecular weight is 339 g/mol. The normalized spacial score (nSPS) is 20.7. The molecule has 0 aliphatic carbocycles. The standard InChI is InChI=1S/C14H15ClN4O2S/c1-8(9-3-5-10(15)6-4-9)18-19-14-17-12(20)7-11(22-14)13(21)16-2/h3-6,11H,7H2,1-2H3,(H,16,21)(H,17,19,20)/b18-8+. The van der Waals surface area contributed by atoms with Crippen LogP contribution in [0.15, 0.2) is 34.5 Å². The largest absolute Gasteiger partial charge is 0.358 e. The first-order valence-corrected chi connectivity index (χ1v) is 7.81. The number of halogens is 1. The van der Waals surface area contributed by atoms with E-state index < -0.39 is 5.25 Å². The third kappa shape index (κ3) is 4.32. The minimum Gasteiger partial charge on any atom is -0.358 e. The van der Waals surface area contributed by atoms with E-state index in [4.69, 9.17) is 11.6 Å². The molecule has 1 aromatic rings. The van der Waals surface area contributed by atoms with Crippen LogP contribution in [0.4, 0.5) is 0 Å². The monoisotopic (exact) mass is 338 g/mol. The van der Waals surface area contributed by atoms with Gasteiger partial charge in [-0.2, -0.15) is 5.10 Å². The van der Waals surface area contributed by atoms with Crippen LogP contribution in [-0.4, -0.2) is 35.0 Å². The Hall–Kier alpha value is -1.86. The van der Waals surface area contributed by atoms with Gasteiger partial charge in [0, 0.05) is 18.5 Å². The third-order valence-corrected chi connectivity index (χ3v) is 4.29. The van der Waals surface area contributed by atoms with Crippen LogP contribution in [-0.2, 0) is 9.59 Å².